The van der Waals surface area contributed by atoms with Crippen LogP contribution in [0, 0.1) is 22.7 Å². The van der Waals surface area contributed by atoms with E-state index >= 15 is 0 Å². The van der Waals surface area contributed by atoms with Crippen molar-refractivity contribution in [3.8, 4) is 17.9 Å². The fourth-order valence-corrected chi connectivity index (χ4v) is 1.14. The molecule has 0 spiro atoms. The van der Waals surface area contributed by atoms with Gasteiger partial charge in [-0.05, 0) is 29.8 Å². The molecule has 0 aliphatic carbocycles. The molecule has 0 atom stereocenters. The number of nitrogens with zero attached hydrogens (tertiary/aromatic N) is 2. The quantitative estimate of drug-likeness (QED) is 0.765. The molecule has 0 fully saturated rings. The molecule has 3 nitrogen and oxygen atoms in total. The fourth-order valence-electron chi connectivity index (χ4n) is 1.14. The first-order valence-electron chi connectivity index (χ1n) is 4.30. The molecule has 0 saturated heterocycles. The van der Waals surface area contributed by atoms with Gasteiger partial charge in [-0.2, -0.15) is 23.7 Å². The van der Waals surface area contributed by atoms with Crippen molar-refractivity contribution in [3.05, 3.63) is 34.9 Å². The second-order valence-electron chi connectivity index (χ2n) is 3.09. The molecule has 0 amide bonds. The largest absolute Gasteiger partial charge is 0.508 e. The summed E-state index contributed by atoms with van der Waals surface area (Å²) in [5.41, 5.74) is -1.45. The van der Waals surface area contributed by atoms with Gasteiger partial charge in [-0.25, -0.2) is 0 Å². The molecular formula is C11H5F3N2O. The number of phenolic OH excluding ortho intramolecular Hbond substituents is 1. The number of allylic oxidation sites excluding steroid dienone is 1. The highest BCUT2D eigenvalue weighted by atomic mass is 19.4. The Labute approximate surface area is 94.6 Å². The highest BCUT2D eigenvalue weighted by molar-refractivity contribution is 5.63. The van der Waals surface area contributed by atoms with Crippen LogP contribution in [-0.2, 0) is 6.18 Å². The fraction of sp³-hybridized carbons (Fsp3) is 0.0909. The van der Waals surface area contributed by atoms with Crippen LogP contribution in [0.25, 0.3) is 6.08 Å². The summed E-state index contributed by atoms with van der Waals surface area (Å²) in [4.78, 5) is 0. The number of phenols is 1. The Morgan fingerprint density at radius 3 is 2.24 bits per heavy atom. The van der Waals surface area contributed by atoms with E-state index < -0.39 is 17.5 Å². The SMILES string of the molecule is N#CC(C#N)=Cc1cc(O)cc(C(F)(F)F)c1. The summed E-state index contributed by atoms with van der Waals surface area (Å²) in [6, 6.07) is 5.37. The summed E-state index contributed by atoms with van der Waals surface area (Å²) in [6.07, 6.45) is -3.63. The first-order valence-corrected chi connectivity index (χ1v) is 4.30. The lowest BCUT2D eigenvalue weighted by molar-refractivity contribution is -0.137. The highest BCUT2D eigenvalue weighted by Crippen LogP contribution is 2.32. The van der Waals surface area contributed by atoms with Crippen molar-refractivity contribution in [2.24, 2.45) is 0 Å². The van der Waals surface area contributed by atoms with Gasteiger partial charge in [0.2, 0.25) is 0 Å². The van der Waals surface area contributed by atoms with E-state index in [2.05, 4.69) is 0 Å². The predicted octanol–water partition coefficient (Wildman–Crippen LogP) is 2.84. The predicted molar refractivity (Wildman–Crippen MR) is 52.3 cm³/mol. The van der Waals surface area contributed by atoms with Crippen molar-refractivity contribution >= 4 is 6.08 Å². The van der Waals surface area contributed by atoms with Gasteiger partial charge >= 0.3 is 6.18 Å². The van der Waals surface area contributed by atoms with Gasteiger partial charge in [0.05, 0.1) is 5.56 Å². The van der Waals surface area contributed by atoms with Gasteiger partial charge in [0.15, 0.2) is 0 Å². The van der Waals surface area contributed by atoms with Crippen LogP contribution in [-0.4, -0.2) is 5.11 Å². The lowest BCUT2D eigenvalue weighted by Crippen LogP contribution is -2.04. The van der Waals surface area contributed by atoms with E-state index in [-0.39, 0.29) is 11.1 Å². The zero-order valence-corrected chi connectivity index (χ0v) is 8.28. The van der Waals surface area contributed by atoms with Gasteiger partial charge in [-0.15, -0.1) is 0 Å². The molecule has 0 aliphatic rings. The van der Waals surface area contributed by atoms with E-state index in [1.54, 1.807) is 0 Å². The highest BCUT2D eigenvalue weighted by Gasteiger charge is 2.31. The van der Waals surface area contributed by atoms with E-state index in [9.17, 15) is 13.2 Å². The summed E-state index contributed by atoms with van der Waals surface area (Å²) < 4.78 is 37.2. The van der Waals surface area contributed by atoms with E-state index in [1.165, 1.54) is 12.1 Å². The lowest BCUT2D eigenvalue weighted by atomic mass is 10.1. The van der Waals surface area contributed by atoms with Crippen molar-refractivity contribution in [2.75, 3.05) is 0 Å². The maximum Gasteiger partial charge on any atom is 0.416 e. The average Bonchev–Trinajstić information content (AvgIpc) is 2.24. The van der Waals surface area contributed by atoms with Gasteiger partial charge in [0.25, 0.3) is 0 Å². The van der Waals surface area contributed by atoms with E-state index in [4.69, 9.17) is 15.6 Å². The molecule has 6 heteroatoms. The standard InChI is InChI=1S/C11H5F3N2O/c12-11(13,14)9-2-7(3-10(17)4-9)1-8(5-15)6-16/h1-4,17H. The first kappa shape index (κ1) is 12.6. The summed E-state index contributed by atoms with van der Waals surface area (Å²) >= 11 is 0. The molecule has 1 rings (SSSR count). The Bertz CT molecular complexity index is 531. The normalized spacial score (nSPS) is 10.2. The van der Waals surface area contributed by atoms with Crippen molar-refractivity contribution in [3.63, 3.8) is 0 Å². The molecule has 0 aromatic heterocycles. The molecule has 0 bridgehead atoms. The van der Waals surface area contributed by atoms with Crippen LogP contribution in [0.15, 0.2) is 23.8 Å². The number of hydrogen-bond acceptors (Lipinski definition) is 3. The molecule has 86 valence electrons. The molecule has 1 N–H and O–H groups in total. The molecule has 0 radical (unpaired) electrons. The minimum absolute atomic E-state index is 0.0598. The van der Waals surface area contributed by atoms with E-state index in [1.807, 2.05) is 0 Å². The van der Waals surface area contributed by atoms with Crippen LogP contribution < -0.4 is 0 Å². The van der Waals surface area contributed by atoms with Crippen LogP contribution >= 0.6 is 0 Å². The summed E-state index contributed by atoms with van der Waals surface area (Å²) in [5, 5.41) is 26.0. The van der Waals surface area contributed by atoms with Crippen LogP contribution in [0.4, 0.5) is 13.2 Å². The minimum Gasteiger partial charge on any atom is -0.508 e. The van der Waals surface area contributed by atoms with Crippen LogP contribution in [0.2, 0.25) is 0 Å². The third-order valence-electron chi connectivity index (χ3n) is 1.82. The van der Waals surface area contributed by atoms with Gasteiger partial charge in [0.1, 0.15) is 23.5 Å². The van der Waals surface area contributed by atoms with Gasteiger partial charge in [-0.3, -0.25) is 0 Å². The van der Waals surface area contributed by atoms with Crippen LogP contribution in [0.1, 0.15) is 11.1 Å². The number of halogens is 3. The van der Waals surface area contributed by atoms with Gasteiger partial charge < -0.3 is 5.11 Å². The van der Waals surface area contributed by atoms with Crippen molar-refractivity contribution in [1.29, 1.82) is 10.5 Å². The van der Waals surface area contributed by atoms with Crippen molar-refractivity contribution < 1.29 is 18.3 Å². The zero-order valence-electron chi connectivity index (χ0n) is 8.28. The zero-order chi connectivity index (χ0) is 13.1. The Morgan fingerprint density at radius 1 is 1.18 bits per heavy atom. The summed E-state index contributed by atoms with van der Waals surface area (Å²) in [6.45, 7) is 0. The Kier molecular flexibility index (Phi) is 3.40. The Morgan fingerprint density at radius 2 is 1.76 bits per heavy atom. The Hall–Kier alpha value is -2.47. The van der Waals surface area contributed by atoms with E-state index in [0.717, 1.165) is 18.2 Å². The number of benzene rings is 1. The molecule has 0 saturated carbocycles. The minimum atomic E-state index is -4.60. The van der Waals surface area contributed by atoms with E-state index in [0.29, 0.717) is 6.07 Å². The van der Waals surface area contributed by atoms with Gasteiger partial charge in [-0.1, -0.05) is 0 Å². The van der Waals surface area contributed by atoms with Gasteiger partial charge in [0, 0.05) is 0 Å². The number of rotatable bonds is 1. The van der Waals surface area contributed by atoms with Crippen LogP contribution in [0.3, 0.4) is 0 Å². The number of alkyl halides is 3. The Balaban J connectivity index is 3.31. The molecule has 0 aliphatic heterocycles. The number of hydrogen-bond donors (Lipinski definition) is 1. The van der Waals surface area contributed by atoms with Crippen molar-refractivity contribution in [2.45, 2.75) is 6.18 Å². The number of nitriles is 2. The molecule has 0 unspecified atom stereocenters. The van der Waals surface area contributed by atoms with Crippen molar-refractivity contribution in [1.82, 2.24) is 0 Å². The average molecular weight is 238 g/mol. The topological polar surface area (TPSA) is 67.8 Å². The monoisotopic (exact) mass is 238 g/mol. The lowest BCUT2D eigenvalue weighted by Gasteiger charge is -2.08. The first-order chi connectivity index (χ1) is 7.86. The third kappa shape index (κ3) is 3.25. The second kappa shape index (κ2) is 4.58. The molecule has 1 aromatic carbocycles. The maximum absolute atomic E-state index is 12.4. The maximum atomic E-state index is 12.4. The summed E-state index contributed by atoms with van der Waals surface area (Å²) in [7, 11) is 0. The molecule has 17 heavy (non-hydrogen) atoms. The number of aromatic hydroxyl groups is 1. The smallest absolute Gasteiger partial charge is 0.416 e. The molecule has 0 heterocycles. The summed E-state index contributed by atoms with van der Waals surface area (Å²) in [5.74, 6) is -0.582. The second-order valence-corrected chi connectivity index (χ2v) is 3.09. The third-order valence-corrected chi connectivity index (χ3v) is 1.82. The molecule has 1 aromatic rings. The molecular weight excluding hydrogens is 233 g/mol. The van der Waals surface area contributed by atoms with Crippen LogP contribution in [0.5, 0.6) is 5.75 Å².